The second-order valence-electron chi connectivity index (χ2n) is 29.8. The van der Waals surface area contributed by atoms with Crippen molar-refractivity contribution in [1.29, 1.82) is 0 Å². The number of fused-ring (bicyclic) bond motifs is 3. The molecule has 1 saturated heterocycles. The van der Waals surface area contributed by atoms with E-state index in [1.807, 2.05) is 81.4 Å². The molecule has 0 spiro atoms. The highest BCUT2D eigenvalue weighted by molar-refractivity contribution is 5.83. The van der Waals surface area contributed by atoms with E-state index in [1.165, 1.54) is 48.3 Å². The van der Waals surface area contributed by atoms with E-state index in [2.05, 4.69) is 94.9 Å². The highest BCUT2D eigenvalue weighted by Crippen LogP contribution is 2.42. The Hall–Kier alpha value is -7.91. The van der Waals surface area contributed by atoms with Gasteiger partial charge in [0.15, 0.2) is 0 Å². The number of rotatable bonds is 24. The van der Waals surface area contributed by atoms with Gasteiger partial charge >= 0.3 is 0 Å². The summed E-state index contributed by atoms with van der Waals surface area (Å²) < 4.78 is 37.9. The maximum atomic E-state index is 10.1. The van der Waals surface area contributed by atoms with Gasteiger partial charge in [0, 0.05) is 140 Å². The van der Waals surface area contributed by atoms with E-state index in [-0.39, 0.29) is 48.6 Å². The quantitative estimate of drug-likeness (QED) is 0.0307. The molecule has 0 amide bonds. The lowest BCUT2D eigenvalue weighted by Crippen LogP contribution is -2.23. The number of hydrogen-bond acceptors (Lipinski definition) is 20. The molecule has 15 rings (SSSR count). The lowest BCUT2D eigenvalue weighted by atomic mass is 9.85. The normalized spacial score (nSPS) is 23.6. The predicted octanol–water partition coefficient (Wildman–Crippen LogP) is 12.6. The maximum Gasteiger partial charge on any atom is 0.241 e. The van der Waals surface area contributed by atoms with Gasteiger partial charge in [0.25, 0.3) is 0 Å². The van der Waals surface area contributed by atoms with E-state index < -0.39 is 0 Å². The van der Waals surface area contributed by atoms with Crippen molar-refractivity contribution in [1.82, 2.24) is 68.3 Å². The number of aliphatic hydroxyl groups is 3. The summed E-state index contributed by atoms with van der Waals surface area (Å²) in [4.78, 5) is 18.3. The largest absolute Gasteiger partial charge is 0.474 e. The molecular weight excluding hydrogens is 1290 g/mol. The number of allylic oxidation sites excluding steroid dienone is 1. The minimum Gasteiger partial charge on any atom is -0.474 e. The van der Waals surface area contributed by atoms with Crippen LogP contribution >= 0.6 is 0 Å². The Bertz CT molecular complexity index is 4170. The zero-order valence-electron chi connectivity index (χ0n) is 60.6. The highest BCUT2D eigenvalue weighted by atomic mass is 16.5. The van der Waals surface area contributed by atoms with Crippen LogP contribution in [0.5, 0.6) is 5.88 Å². The molecule has 5 aliphatic carbocycles. The molecule has 0 aromatic carbocycles. The van der Waals surface area contributed by atoms with Gasteiger partial charge in [-0.2, -0.15) is 10.2 Å². The van der Waals surface area contributed by atoms with E-state index in [0.29, 0.717) is 67.2 Å². The number of aromatic nitrogens is 14. The average molecular weight is 1400 g/mol. The summed E-state index contributed by atoms with van der Waals surface area (Å²) in [6, 6.07) is 11.1. The minimum absolute atomic E-state index is 0.0976. The fourth-order valence-electron chi connectivity index (χ4n) is 16.1. The summed E-state index contributed by atoms with van der Waals surface area (Å²) in [5, 5.41) is 64.0. The van der Waals surface area contributed by atoms with Crippen molar-refractivity contribution < 1.29 is 39.0 Å². The molecule has 5 saturated carbocycles. The number of nitrogens with one attached hydrogen (secondary N) is 3. The number of methoxy groups -OCH3 is 3. The highest BCUT2D eigenvalue weighted by Gasteiger charge is 2.31. The first-order chi connectivity index (χ1) is 49.7. The van der Waals surface area contributed by atoms with E-state index in [4.69, 9.17) is 39.0 Å². The van der Waals surface area contributed by atoms with Gasteiger partial charge < -0.3 is 55.0 Å². The van der Waals surface area contributed by atoms with Crippen molar-refractivity contribution in [2.45, 2.75) is 242 Å². The van der Waals surface area contributed by atoms with E-state index >= 15 is 0 Å². The Morgan fingerprint density at radius 2 is 0.951 bits per heavy atom. The third kappa shape index (κ3) is 18.0. The van der Waals surface area contributed by atoms with Crippen LogP contribution in [-0.2, 0) is 32.0 Å². The van der Waals surface area contributed by atoms with E-state index in [0.717, 1.165) is 185 Å². The predicted molar refractivity (Wildman–Crippen MR) is 394 cm³/mol. The molecular formula is C77H107N17O8. The van der Waals surface area contributed by atoms with Crippen LogP contribution in [-0.4, -0.2) is 180 Å². The van der Waals surface area contributed by atoms with Crippen molar-refractivity contribution in [3.05, 3.63) is 109 Å². The number of anilines is 3. The Balaban J connectivity index is 0.000000137. The molecule has 25 nitrogen and oxygen atoms in total. The molecule has 0 unspecified atom stereocenters. The number of hydrogen-bond donors (Lipinski definition) is 6. The van der Waals surface area contributed by atoms with Crippen LogP contribution in [0.4, 0.5) is 17.8 Å². The molecule has 0 bridgehead atoms. The summed E-state index contributed by atoms with van der Waals surface area (Å²) >= 11 is 0. The lowest BCUT2D eigenvalue weighted by molar-refractivity contribution is 0.0940. The molecule has 9 aromatic heterocycles. The van der Waals surface area contributed by atoms with Gasteiger partial charge in [-0.25, -0.2) is 33.5 Å². The topological polar surface area (TPSA) is 282 Å². The number of ether oxygens (including phenoxy) is 5. The maximum absolute atomic E-state index is 10.1. The molecule has 548 valence electrons. The van der Waals surface area contributed by atoms with Crippen molar-refractivity contribution in [2.24, 2.45) is 5.92 Å². The Morgan fingerprint density at radius 3 is 1.36 bits per heavy atom. The number of aliphatic hydroxyl groups excluding tert-OH is 3. The second-order valence-corrected chi connectivity index (χ2v) is 29.8. The van der Waals surface area contributed by atoms with Crippen molar-refractivity contribution in [3.8, 4) is 39.3 Å². The molecule has 102 heavy (non-hydrogen) atoms. The summed E-state index contributed by atoms with van der Waals surface area (Å²) in [6.45, 7) is 14.6. The number of pyridine rings is 1. The Morgan fingerprint density at radius 1 is 0.510 bits per heavy atom. The first-order valence-electron chi connectivity index (χ1n) is 37.6. The standard InChI is InChI=1S/C27H37N5O3.C26H36N6O2.C24H34N6O3/c1-18(17-34-2)30-27-29-16-25-23(15-24(32(25)31-27)19-8-10-21(33)11-9-19)20-12-13-28-26(14-20)35-22-6-4-3-5-7-22;1-17-4-5-19(10-17)14-31-15-21(12-28-31)23-11-24(20-6-8-22(33)9-7-20)32-25(23)13-27-26(30-32)29-18(2)16-34-3;1-16(15-32-2)27-24-25-12-23-21(18-11-26-29(13-18)14-20-4-3-9-33-20)10-22(30(23)28-24)17-5-7-19(31)8-6-17/h12-16,18-19,21-22,33H,3-11,17H2,1-2H3,(H,30,31);11-13,15,18-20,22,33H,1,4-10,14,16H2,2-3H3,(H,29,30);10-13,16-17,19-20,31H,3-9,14-15H2,1-2H3,(H,27,28)/t18-,19?,21?;18-,19+,20?,22?;16-,17?,19?,20-/m000/s1. The van der Waals surface area contributed by atoms with Gasteiger partial charge in [-0.05, 0) is 191 Å². The van der Waals surface area contributed by atoms with Gasteiger partial charge in [-0.15, -0.1) is 15.3 Å². The fourth-order valence-corrected chi connectivity index (χ4v) is 16.1. The first kappa shape index (κ1) is 72.4. The number of nitrogens with zero attached hydrogens (tertiary/aromatic N) is 14. The SMILES string of the molecule is C=C1CC[C@@H](Cn2cc(-c3cc(C4CCC(O)CC4)n4nc(N[C@@H](C)COC)ncc34)cn2)C1.COC[C@H](C)Nc1ncc2c(-c3ccnc(OC4CCCCC4)c3)cc(C3CCC(O)CC3)n2n1.COC[C@H](C)Nc1ncc2c(-c3cnn(C[C@@H]4CCCO4)c3)cc(C3CCC(O)CC3)n2n1. The van der Waals surface area contributed by atoms with Crippen LogP contribution in [0.2, 0.25) is 0 Å². The Kier molecular flexibility index (Phi) is 24.2. The van der Waals surface area contributed by atoms with Crippen LogP contribution in [0.15, 0.2) is 92.1 Å². The molecule has 6 fully saturated rings. The van der Waals surface area contributed by atoms with Crippen molar-refractivity contribution >= 4 is 34.4 Å². The van der Waals surface area contributed by atoms with Crippen molar-refractivity contribution in [3.63, 3.8) is 0 Å². The van der Waals surface area contributed by atoms with E-state index in [1.54, 1.807) is 21.3 Å². The third-order valence-electron chi connectivity index (χ3n) is 21.5. The van der Waals surface area contributed by atoms with Gasteiger partial charge in [-0.3, -0.25) is 9.36 Å². The summed E-state index contributed by atoms with van der Waals surface area (Å²) in [5.41, 5.74) is 14.3. The van der Waals surface area contributed by atoms with Crippen LogP contribution < -0.4 is 20.7 Å². The lowest BCUT2D eigenvalue weighted by Gasteiger charge is -2.25. The average Bonchev–Trinajstić information content (AvgIpc) is 1.63. The Labute approximate surface area is 598 Å². The monoisotopic (exact) mass is 1400 g/mol. The van der Waals surface area contributed by atoms with Gasteiger partial charge in [0.2, 0.25) is 23.7 Å². The molecule has 1 aliphatic heterocycles. The van der Waals surface area contributed by atoms with Gasteiger partial charge in [-0.1, -0.05) is 18.6 Å². The van der Waals surface area contributed by atoms with Crippen molar-refractivity contribution in [2.75, 3.05) is 63.7 Å². The molecule has 9 aromatic rings. The molecule has 25 heteroatoms. The van der Waals surface area contributed by atoms with E-state index in [9.17, 15) is 15.3 Å². The smallest absolute Gasteiger partial charge is 0.241 e. The zero-order valence-corrected chi connectivity index (χ0v) is 60.6. The molecule has 6 N–H and O–H groups in total. The summed E-state index contributed by atoms with van der Waals surface area (Å²) in [7, 11) is 5.07. The van der Waals surface area contributed by atoms with Gasteiger partial charge in [0.1, 0.15) is 6.10 Å². The summed E-state index contributed by atoms with van der Waals surface area (Å²) in [6.07, 6.45) is 37.9. The van der Waals surface area contributed by atoms with Crippen LogP contribution in [0.3, 0.4) is 0 Å². The molecule has 10 heterocycles. The third-order valence-corrected chi connectivity index (χ3v) is 21.5. The van der Waals surface area contributed by atoms with Gasteiger partial charge in [0.05, 0.1) is 98.3 Å². The van der Waals surface area contributed by atoms with Crippen LogP contribution in [0.25, 0.3) is 49.9 Å². The van der Waals surface area contributed by atoms with Crippen LogP contribution in [0, 0.1) is 5.92 Å². The second kappa shape index (κ2) is 34.1. The molecule has 5 atom stereocenters. The first-order valence-corrected chi connectivity index (χ1v) is 37.6. The minimum atomic E-state index is -0.196. The zero-order chi connectivity index (χ0) is 70.6. The fraction of sp³-hybridized carbons (Fsp3) is 0.597. The summed E-state index contributed by atoms with van der Waals surface area (Å²) in [5.74, 6) is 4.13. The molecule has 0 radical (unpaired) electrons. The molecule has 6 aliphatic rings. The van der Waals surface area contributed by atoms with Crippen LogP contribution in [0.1, 0.15) is 197 Å².